The molecule has 0 fully saturated rings. The molecule has 0 aliphatic rings. The molecule has 0 aliphatic heterocycles. The van der Waals surface area contributed by atoms with Crippen molar-refractivity contribution in [3.63, 3.8) is 0 Å². The fraction of sp³-hybridized carbons (Fsp3) is 0.385. The highest BCUT2D eigenvalue weighted by atomic mass is 35.5. The second kappa shape index (κ2) is 6.87. The molecule has 0 saturated carbocycles. The van der Waals surface area contributed by atoms with E-state index in [-0.39, 0.29) is 12.5 Å². The zero-order valence-corrected chi connectivity index (χ0v) is 11.2. The molecule has 96 valence electrons. The predicted molar refractivity (Wildman–Crippen MR) is 70.7 cm³/mol. The number of nitriles is 1. The number of anilines is 1. The lowest BCUT2D eigenvalue weighted by molar-refractivity contribution is -0.141. The van der Waals surface area contributed by atoms with Crippen LogP contribution in [0.25, 0.3) is 0 Å². The van der Waals surface area contributed by atoms with Crippen LogP contribution < -0.4 is 4.90 Å². The van der Waals surface area contributed by atoms with Crippen molar-refractivity contribution < 1.29 is 9.53 Å². The van der Waals surface area contributed by atoms with Gasteiger partial charge in [0.1, 0.15) is 12.6 Å². The summed E-state index contributed by atoms with van der Waals surface area (Å²) in [5.74, 6) is -0.307. The van der Waals surface area contributed by atoms with Gasteiger partial charge < -0.3 is 9.64 Å². The van der Waals surface area contributed by atoms with E-state index in [4.69, 9.17) is 21.6 Å². The summed E-state index contributed by atoms with van der Waals surface area (Å²) in [6, 6.07) is 7.11. The normalized spacial score (nSPS) is 9.67. The number of likely N-dealkylation sites (N-methyl/N-ethyl adjacent to an activating group) is 1. The maximum absolute atomic E-state index is 11.5. The van der Waals surface area contributed by atoms with Gasteiger partial charge in [0.05, 0.1) is 17.9 Å². The molecule has 18 heavy (non-hydrogen) atoms. The van der Waals surface area contributed by atoms with E-state index in [0.717, 1.165) is 0 Å². The first-order valence-electron chi connectivity index (χ1n) is 5.72. The first-order chi connectivity index (χ1) is 8.62. The molecule has 0 N–H and O–H groups in total. The Balaban J connectivity index is 2.95. The van der Waals surface area contributed by atoms with E-state index in [9.17, 15) is 4.79 Å². The van der Waals surface area contributed by atoms with Crippen molar-refractivity contribution in [3.8, 4) is 6.07 Å². The Morgan fingerprint density at radius 1 is 1.50 bits per heavy atom. The van der Waals surface area contributed by atoms with Crippen LogP contribution in [-0.4, -0.2) is 25.7 Å². The number of carbonyl (C=O) groups is 1. The summed E-state index contributed by atoms with van der Waals surface area (Å²) in [6.07, 6.45) is 0. The number of benzene rings is 1. The monoisotopic (exact) mass is 266 g/mol. The topological polar surface area (TPSA) is 53.3 Å². The zero-order chi connectivity index (χ0) is 13.5. The lowest BCUT2D eigenvalue weighted by Gasteiger charge is -2.23. The Labute approximate surface area is 112 Å². The molecule has 5 heteroatoms. The van der Waals surface area contributed by atoms with Crippen LogP contribution >= 0.6 is 11.6 Å². The molecular weight excluding hydrogens is 252 g/mol. The molecule has 0 saturated heterocycles. The largest absolute Gasteiger partial charge is 0.465 e. The Hall–Kier alpha value is -1.73. The summed E-state index contributed by atoms with van der Waals surface area (Å²) in [6.45, 7) is 4.75. The number of rotatable bonds is 5. The van der Waals surface area contributed by atoms with Gasteiger partial charge in [-0.1, -0.05) is 11.6 Å². The van der Waals surface area contributed by atoms with Gasteiger partial charge in [0.25, 0.3) is 0 Å². The van der Waals surface area contributed by atoms with Crippen molar-refractivity contribution in [1.82, 2.24) is 0 Å². The van der Waals surface area contributed by atoms with E-state index in [2.05, 4.69) is 6.07 Å². The molecule has 0 bridgehead atoms. The van der Waals surface area contributed by atoms with Gasteiger partial charge in [-0.05, 0) is 32.0 Å². The van der Waals surface area contributed by atoms with E-state index in [1.54, 1.807) is 30.0 Å². The number of esters is 1. The molecule has 0 aliphatic carbocycles. The summed E-state index contributed by atoms with van der Waals surface area (Å²) in [7, 11) is 0. The van der Waals surface area contributed by atoms with E-state index in [0.29, 0.717) is 29.4 Å². The van der Waals surface area contributed by atoms with Gasteiger partial charge in [0.15, 0.2) is 0 Å². The Kier molecular flexibility index (Phi) is 5.47. The van der Waals surface area contributed by atoms with Crippen molar-refractivity contribution in [3.05, 3.63) is 28.8 Å². The average molecular weight is 267 g/mol. The summed E-state index contributed by atoms with van der Waals surface area (Å²) < 4.78 is 4.90. The fourth-order valence-electron chi connectivity index (χ4n) is 1.60. The highest BCUT2D eigenvalue weighted by Crippen LogP contribution is 2.23. The number of hydrogen-bond acceptors (Lipinski definition) is 4. The van der Waals surface area contributed by atoms with Gasteiger partial charge in [-0.15, -0.1) is 0 Å². The highest BCUT2D eigenvalue weighted by molar-refractivity contribution is 6.30. The maximum atomic E-state index is 11.5. The molecular formula is C13H15ClN2O2. The minimum absolute atomic E-state index is 0.126. The first kappa shape index (κ1) is 14.3. The number of halogens is 1. The van der Waals surface area contributed by atoms with Gasteiger partial charge in [-0.25, -0.2) is 0 Å². The minimum atomic E-state index is -0.307. The fourth-order valence-corrected chi connectivity index (χ4v) is 1.78. The summed E-state index contributed by atoms with van der Waals surface area (Å²) >= 11 is 5.84. The summed E-state index contributed by atoms with van der Waals surface area (Å²) in [5, 5.41) is 9.58. The quantitative estimate of drug-likeness (QED) is 0.769. The lowest BCUT2D eigenvalue weighted by Crippen LogP contribution is -2.31. The smallest absolute Gasteiger partial charge is 0.325 e. The number of hydrogen-bond donors (Lipinski definition) is 0. The Morgan fingerprint density at radius 2 is 2.22 bits per heavy atom. The van der Waals surface area contributed by atoms with Gasteiger partial charge in [-0.2, -0.15) is 5.26 Å². The number of ether oxygens (including phenoxy) is 1. The molecule has 0 radical (unpaired) electrons. The molecule has 1 rings (SSSR count). The number of nitrogens with zero attached hydrogens (tertiary/aromatic N) is 2. The highest BCUT2D eigenvalue weighted by Gasteiger charge is 2.14. The maximum Gasteiger partial charge on any atom is 0.325 e. The van der Waals surface area contributed by atoms with E-state index < -0.39 is 0 Å². The summed E-state index contributed by atoms with van der Waals surface area (Å²) in [4.78, 5) is 13.3. The molecule has 0 atom stereocenters. The molecule has 0 spiro atoms. The van der Waals surface area contributed by atoms with Crippen LogP contribution in [0.4, 0.5) is 5.69 Å². The second-order valence-electron chi connectivity index (χ2n) is 3.59. The van der Waals surface area contributed by atoms with Crippen LogP contribution in [0, 0.1) is 11.3 Å². The van der Waals surface area contributed by atoms with Crippen LogP contribution in [0.15, 0.2) is 18.2 Å². The zero-order valence-electron chi connectivity index (χ0n) is 10.4. The Morgan fingerprint density at radius 3 is 2.78 bits per heavy atom. The number of carbonyl (C=O) groups excluding carboxylic acids is 1. The third-order valence-corrected chi connectivity index (χ3v) is 2.66. The van der Waals surface area contributed by atoms with Crippen LogP contribution in [0.1, 0.15) is 19.4 Å². The standard InChI is InChI=1S/C13H15ClN2O2/c1-3-16(9-13(17)18-4-2)12-6-5-11(14)7-10(12)8-15/h5-7H,3-4,9H2,1-2H3. The van der Waals surface area contributed by atoms with Crippen LogP contribution in [0.5, 0.6) is 0 Å². The second-order valence-corrected chi connectivity index (χ2v) is 4.03. The van der Waals surface area contributed by atoms with Crippen LogP contribution in [-0.2, 0) is 9.53 Å². The molecule has 1 aromatic rings. The van der Waals surface area contributed by atoms with Crippen molar-refractivity contribution >= 4 is 23.3 Å². The van der Waals surface area contributed by atoms with Crippen LogP contribution in [0.2, 0.25) is 5.02 Å². The van der Waals surface area contributed by atoms with Gasteiger partial charge in [-0.3, -0.25) is 4.79 Å². The third-order valence-electron chi connectivity index (χ3n) is 2.43. The molecule has 0 aromatic heterocycles. The first-order valence-corrected chi connectivity index (χ1v) is 6.10. The van der Waals surface area contributed by atoms with Crippen molar-refractivity contribution in [1.29, 1.82) is 5.26 Å². The van der Waals surface area contributed by atoms with Crippen molar-refractivity contribution in [2.75, 3.05) is 24.6 Å². The predicted octanol–water partition coefficient (Wildman–Crippen LogP) is 2.60. The van der Waals surface area contributed by atoms with Crippen molar-refractivity contribution in [2.24, 2.45) is 0 Å². The van der Waals surface area contributed by atoms with Gasteiger partial charge in [0.2, 0.25) is 0 Å². The molecule has 0 unspecified atom stereocenters. The minimum Gasteiger partial charge on any atom is -0.465 e. The van der Waals surface area contributed by atoms with Gasteiger partial charge in [0, 0.05) is 11.6 Å². The third kappa shape index (κ3) is 3.64. The molecule has 1 aromatic carbocycles. The van der Waals surface area contributed by atoms with Crippen LogP contribution in [0.3, 0.4) is 0 Å². The average Bonchev–Trinajstić information content (AvgIpc) is 2.36. The lowest BCUT2D eigenvalue weighted by atomic mass is 10.1. The summed E-state index contributed by atoms with van der Waals surface area (Å²) in [5.41, 5.74) is 1.14. The SMILES string of the molecule is CCOC(=O)CN(CC)c1ccc(Cl)cc1C#N. The van der Waals surface area contributed by atoms with Gasteiger partial charge >= 0.3 is 5.97 Å². The van der Waals surface area contributed by atoms with E-state index in [1.165, 1.54) is 0 Å². The van der Waals surface area contributed by atoms with E-state index >= 15 is 0 Å². The van der Waals surface area contributed by atoms with E-state index in [1.807, 2.05) is 6.92 Å². The van der Waals surface area contributed by atoms with Crippen molar-refractivity contribution in [2.45, 2.75) is 13.8 Å². The Bertz CT molecular complexity index is 469. The molecule has 0 heterocycles. The molecule has 4 nitrogen and oxygen atoms in total. The molecule has 0 amide bonds.